The molecule has 0 aromatic carbocycles. The molecule has 9 heteroatoms. The van der Waals surface area contributed by atoms with Gasteiger partial charge in [0.05, 0.1) is 23.1 Å². The largest absolute Gasteiger partial charge is 0.384 e. The van der Waals surface area contributed by atoms with E-state index in [4.69, 9.17) is 16.3 Å². The van der Waals surface area contributed by atoms with Crippen LogP contribution in [0, 0.1) is 0 Å². The lowest BCUT2D eigenvalue weighted by atomic mass is 10.2. The van der Waals surface area contributed by atoms with Crippen LogP contribution in [0.4, 0.5) is 5.82 Å². The summed E-state index contributed by atoms with van der Waals surface area (Å²) in [6.07, 6.45) is 3.43. The minimum Gasteiger partial charge on any atom is -0.384 e. The summed E-state index contributed by atoms with van der Waals surface area (Å²) in [5, 5.41) is 3.69. The van der Waals surface area contributed by atoms with Gasteiger partial charge in [-0.15, -0.1) is 0 Å². The van der Waals surface area contributed by atoms with Crippen LogP contribution in [0.2, 0.25) is 5.02 Å². The van der Waals surface area contributed by atoms with Crippen molar-refractivity contribution in [2.75, 3.05) is 44.4 Å². The number of hydrogen-bond acceptors (Lipinski definition) is 6. The lowest BCUT2D eigenvalue weighted by Crippen LogP contribution is -2.38. The van der Waals surface area contributed by atoms with Crippen LogP contribution in [-0.2, 0) is 14.8 Å². The third kappa shape index (κ3) is 6.70. The van der Waals surface area contributed by atoms with E-state index in [1.807, 2.05) is 25.1 Å². The molecule has 154 valence electrons. The zero-order chi connectivity index (χ0) is 20.4. The molecule has 0 saturated heterocycles. The van der Waals surface area contributed by atoms with Crippen molar-refractivity contribution >= 4 is 27.4 Å². The molecule has 2 rings (SSSR count). The number of pyridine rings is 2. The van der Waals surface area contributed by atoms with Gasteiger partial charge >= 0.3 is 0 Å². The molecule has 7 nitrogen and oxygen atoms in total. The van der Waals surface area contributed by atoms with Crippen molar-refractivity contribution in [2.45, 2.75) is 19.8 Å². The molecule has 0 saturated carbocycles. The van der Waals surface area contributed by atoms with Gasteiger partial charge in [-0.25, -0.2) is 17.7 Å². The van der Waals surface area contributed by atoms with Crippen LogP contribution < -0.4 is 5.32 Å². The summed E-state index contributed by atoms with van der Waals surface area (Å²) in [5.74, 6) is 0.603. The molecule has 0 radical (unpaired) electrons. The fourth-order valence-corrected chi connectivity index (χ4v) is 4.19. The summed E-state index contributed by atoms with van der Waals surface area (Å²) in [7, 11) is -1.85. The first-order chi connectivity index (χ1) is 13.5. The number of halogens is 1. The number of ether oxygens (including phenoxy) is 1. The van der Waals surface area contributed by atoms with Crippen molar-refractivity contribution in [1.29, 1.82) is 0 Å². The Morgan fingerprint density at radius 3 is 2.71 bits per heavy atom. The fraction of sp³-hybridized carbons (Fsp3) is 0.474. The molecule has 0 amide bonds. The standard InChI is InChI=1S/C19H27ClN4O3S/c1-3-4-12-24(28(25,26)15-14-27-2)13-11-22-18-9-8-16(20)19(23-18)17-7-5-6-10-21-17/h5-10H,3-4,11-15H2,1-2H3,(H,22,23). The minimum absolute atomic E-state index is 0.0176. The van der Waals surface area contributed by atoms with E-state index in [1.165, 1.54) is 11.4 Å². The summed E-state index contributed by atoms with van der Waals surface area (Å²) >= 11 is 6.25. The van der Waals surface area contributed by atoms with Crippen LogP contribution in [0.25, 0.3) is 11.4 Å². The van der Waals surface area contributed by atoms with Crippen molar-refractivity contribution in [1.82, 2.24) is 14.3 Å². The third-order valence-corrected chi connectivity index (χ3v) is 6.26. The molecular weight excluding hydrogens is 400 g/mol. The van der Waals surface area contributed by atoms with Gasteiger partial charge < -0.3 is 10.1 Å². The average Bonchev–Trinajstić information content (AvgIpc) is 2.70. The van der Waals surface area contributed by atoms with Crippen LogP contribution >= 0.6 is 11.6 Å². The van der Waals surface area contributed by atoms with E-state index in [-0.39, 0.29) is 12.4 Å². The number of methoxy groups -OCH3 is 1. The first-order valence-corrected chi connectivity index (χ1v) is 11.2. The molecule has 0 bridgehead atoms. The Balaban J connectivity index is 2.03. The van der Waals surface area contributed by atoms with E-state index in [2.05, 4.69) is 15.3 Å². The number of aromatic nitrogens is 2. The first-order valence-electron chi connectivity index (χ1n) is 9.26. The van der Waals surface area contributed by atoms with Gasteiger partial charge in [-0.3, -0.25) is 4.98 Å². The van der Waals surface area contributed by atoms with Gasteiger partial charge in [-0.05, 0) is 30.7 Å². The van der Waals surface area contributed by atoms with Crippen molar-refractivity contribution in [2.24, 2.45) is 0 Å². The van der Waals surface area contributed by atoms with Gasteiger partial charge in [0.2, 0.25) is 10.0 Å². The van der Waals surface area contributed by atoms with Crippen LogP contribution in [0.5, 0.6) is 0 Å². The molecule has 2 aromatic heterocycles. The maximum atomic E-state index is 12.5. The molecule has 28 heavy (non-hydrogen) atoms. The van der Waals surface area contributed by atoms with E-state index in [0.29, 0.717) is 41.9 Å². The SMILES string of the molecule is CCCCN(CCNc1ccc(Cl)c(-c2ccccn2)n1)S(=O)(=O)CCOC. The average molecular weight is 427 g/mol. The van der Waals surface area contributed by atoms with Gasteiger partial charge in [0, 0.05) is 32.9 Å². The van der Waals surface area contributed by atoms with E-state index in [1.54, 1.807) is 18.3 Å². The Kier molecular flexibility index (Phi) is 9.11. The normalized spacial score (nSPS) is 11.7. The lowest BCUT2D eigenvalue weighted by molar-refractivity contribution is 0.215. The molecular formula is C19H27ClN4O3S. The van der Waals surface area contributed by atoms with E-state index in [0.717, 1.165) is 12.8 Å². The summed E-state index contributed by atoms with van der Waals surface area (Å²) in [6, 6.07) is 9.06. The monoisotopic (exact) mass is 426 g/mol. The van der Waals surface area contributed by atoms with Crippen LogP contribution in [0.3, 0.4) is 0 Å². The van der Waals surface area contributed by atoms with Crippen LogP contribution in [0.15, 0.2) is 36.5 Å². The summed E-state index contributed by atoms with van der Waals surface area (Å²) < 4.78 is 31.4. The molecule has 0 unspecified atom stereocenters. The van der Waals surface area contributed by atoms with Crippen molar-refractivity contribution in [3.8, 4) is 11.4 Å². The first kappa shape index (κ1) is 22.5. The highest BCUT2D eigenvalue weighted by Gasteiger charge is 2.21. The molecule has 2 aromatic rings. The second kappa shape index (κ2) is 11.3. The number of sulfonamides is 1. The quantitative estimate of drug-likeness (QED) is 0.560. The number of nitrogens with one attached hydrogen (secondary N) is 1. The van der Waals surface area contributed by atoms with E-state index < -0.39 is 10.0 Å². The van der Waals surface area contributed by atoms with Gasteiger partial charge in [0.15, 0.2) is 0 Å². The summed E-state index contributed by atoms with van der Waals surface area (Å²) in [6.45, 7) is 3.51. The maximum Gasteiger partial charge on any atom is 0.216 e. The van der Waals surface area contributed by atoms with Gasteiger partial charge in [0.1, 0.15) is 11.5 Å². The van der Waals surface area contributed by atoms with Crippen LogP contribution in [-0.4, -0.2) is 61.8 Å². The maximum absolute atomic E-state index is 12.5. The molecule has 0 fully saturated rings. The highest BCUT2D eigenvalue weighted by Crippen LogP contribution is 2.25. The Hall–Kier alpha value is -1.74. The topological polar surface area (TPSA) is 84.4 Å². The zero-order valence-corrected chi connectivity index (χ0v) is 17.8. The third-order valence-electron chi connectivity index (χ3n) is 4.12. The number of nitrogens with zero attached hydrogens (tertiary/aromatic N) is 3. The van der Waals surface area contributed by atoms with Gasteiger partial charge in [0.25, 0.3) is 0 Å². The fourth-order valence-electron chi connectivity index (χ4n) is 2.57. The van der Waals surface area contributed by atoms with E-state index in [9.17, 15) is 8.42 Å². The van der Waals surface area contributed by atoms with Crippen molar-refractivity contribution in [3.63, 3.8) is 0 Å². The molecule has 0 aliphatic carbocycles. The predicted octanol–water partition coefficient (Wildman–Crippen LogP) is 3.29. The van der Waals surface area contributed by atoms with Crippen LogP contribution in [0.1, 0.15) is 19.8 Å². The highest BCUT2D eigenvalue weighted by molar-refractivity contribution is 7.89. The lowest BCUT2D eigenvalue weighted by Gasteiger charge is -2.22. The van der Waals surface area contributed by atoms with Gasteiger partial charge in [-0.2, -0.15) is 0 Å². The second-order valence-electron chi connectivity index (χ2n) is 6.23. The number of unbranched alkanes of at least 4 members (excludes halogenated alkanes) is 1. The van der Waals surface area contributed by atoms with Crippen molar-refractivity contribution < 1.29 is 13.2 Å². The van der Waals surface area contributed by atoms with Gasteiger partial charge in [-0.1, -0.05) is 31.0 Å². The Labute approximate surface area is 172 Å². The van der Waals surface area contributed by atoms with Crippen molar-refractivity contribution in [3.05, 3.63) is 41.6 Å². The number of rotatable bonds is 12. The van der Waals surface area contributed by atoms with E-state index >= 15 is 0 Å². The predicted molar refractivity (Wildman–Crippen MR) is 113 cm³/mol. The summed E-state index contributed by atoms with van der Waals surface area (Å²) in [4.78, 5) is 8.80. The Morgan fingerprint density at radius 2 is 2.04 bits per heavy atom. The Bertz CT molecular complexity index is 834. The Morgan fingerprint density at radius 1 is 1.21 bits per heavy atom. The molecule has 0 atom stereocenters. The molecule has 0 aliphatic rings. The highest BCUT2D eigenvalue weighted by atomic mass is 35.5. The number of anilines is 1. The smallest absolute Gasteiger partial charge is 0.216 e. The molecule has 2 heterocycles. The second-order valence-corrected chi connectivity index (χ2v) is 8.73. The zero-order valence-electron chi connectivity index (χ0n) is 16.3. The molecule has 0 spiro atoms. The molecule has 1 N–H and O–H groups in total. The number of hydrogen-bond donors (Lipinski definition) is 1. The molecule has 0 aliphatic heterocycles. The summed E-state index contributed by atoms with van der Waals surface area (Å²) in [5.41, 5.74) is 1.27. The minimum atomic E-state index is -3.35.